The fraction of sp³-hybridized carbons (Fsp3) is 0.600. The molecule has 0 aliphatic carbocycles. The zero-order chi connectivity index (χ0) is 15.0. The number of para-hydroxylation sites is 1. The van der Waals surface area contributed by atoms with E-state index in [1.54, 1.807) is 18.2 Å². The monoisotopic (exact) mass is 287 g/mol. The van der Waals surface area contributed by atoms with E-state index in [9.17, 15) is 13.2 Å². The molecule has 20 heavy (non-hydrogen) atoms. The topological polar surface area (TPSA) is 12.5 Å². The lowest BCUT2D eigenvalue weighted by molar-refractivity contribution is -0.275. The van der Waals surface area contributed by atoms with Gasteiger partial charge in [0.25, 0.3) is 0 Å². The van der Waals surface area contributed by atoms with Gasteiger partial charge >= 0.3 is 6.36 Å². The first-order valence-electron chi connectivity index (χ1n) is 6.80. The second kappa shape index (κ2) is 5.28. The van der Waals surface area contributed by atoms with Gasteiger partial charge in [0.1, 0.15) is 5.75 Å². The molecule has 2 rings (SSSR count). The molecule has 0 bridgehead atoms. The van der Waals surface area contributed by atoms with Gasteiger partial charge in [-0.05, 0) is 46.2 Å². The van der Waals surface area contributed by atoms with Crippen LogP contribution in [0.25, 0.3) is 0 Å². The molecule has 0 radical (unpaired) electrons. The summed E-state index contributed by atoms with van der Waals surface area (Å²) in [6.45, 7) is 7.14. The van der Waals surface area contributed by atoms with Crippen LogP contribution in [0.5, 0.6) is 5.75 Å². The molecule has 0 N–H and O–H groups in total. The Hall–Kier alpha value is -1.23. The van der Waals surface area contributed by atoms with Gasteiger partial charge in [-0.15, -0.1) is 13.2 Å². The van der Waals surface area contributed by atoms with Gasteiger partial charge in [-0.25, -0.2) is 0 Å². The van der Waals surface area contributed by atoms with E-state index in [1.807, 2.05) is 0 Å². The fourth-order valence-corrected chi connectivity index (χ4v) is 2.87. The molecule has 0 amide bonds. The van der Waals surface area contributed by atoms with E-state index < -0.39 is 6.36 Å². The Labute approximate surface area is 117 Å². The quantitative estimate of drug-likeness (QED) is 0.793. The van der Waals surface area contributed by atoms with Crippen LogP contribution >= 0.6 is 0 Å². The average molecular weight is 287 g/mol. The molecule has 5 heteroatoms. The standard InChI is InChI=1S/C15H20F3NO/c1-14(2,3)19-10-6-8-12(19)11-7-4-5-9-13(11)20-15(16,17)18/h4-5,7,9,12H,6,8,10H2,1-3H3. The second-order valence-corrected chi connectivity index (χ2v) is 6.11. The molecule has 1 aliphatic rings. The van der Waals surface area contributed by atoms with Gasteiger partial charge < -0.3 is 4.74 Å². The molecule has 1 aliphatic heterocycles. The largest absolute Gasteiger partial charge is 0.573 e. The molecule has 0 aromatic heterocycles. The highest BCUT2D eigenvalue weighted by Crippen LogP contribution is 2.41. The van der Waals surface area contributed by atoms with Crippen molar-refractivity contribution in [3.05, 3.63) is 29.8 Å². The van der Waals surface area contributed by atoms with Crippen LogP contribution in [0.4, 0.5) is 13.2 Å². The van der Waals surface area contributed by atoms with Crippen molar-refractivity contribution in [1.29, 1.82) is 0 Å². The maximum Gasteiger partial charge on any atom is 0.573 e. The first-order chi connectivity index (χ1) is 9.18. The molecule has 1 saturated heterocycles. The van der Waals surface area contributed by atoms with E-state index in [0.29, 0.717) is 5.56 Å². The molecule has 1 atom stereocenters. The highest BCUT2D eigenvalue weighted by atomic mass is 19.4. The van der Waals surface area contributed by atoms with Crippen molar-refractivity contribution < 1.29 is 17.9 Å². The molecule has 1 aromatic rings. The minimum Gasteiger partial charge on any atom is -0.405 e. The van der Waals surface area contributed by atoms with Gasteiger partial charge in [0.2, 0.25) is 0 Å². The van der Waals surface area contributed by atoms with Crippen LogP contribution < -0.4 is 4.74 Å². The van der Waals surface area contributed by atoms with Crippen LogP contribution in [0.2, 0.25) is 0 Å². The molecule has 1 aromatic carbocycles. The molecule has 0 spiro atoms. The normalized spacial score (nSPS) is 21.2. The van der Waals surface area contributed by atoms with Gasteiger partial charge in [-0.1, -0.05) is 18.2 Å². The van der Waals surface area contributed by atoms with Gasteiger partial charge in [0, 0.05) is 17.1 Å². The van der Waals surface area contributed by atoms with Crippen LogP contribution in [0, 0.1) is 0 Å². The predicted octanol–water partition coefficient (Wildman–Crippen LogP) is 4.52. The van der Waals surface area contributed by atoms with Crippen LogP contribution in [0.1, 0.15) is 45.2 Å². The Kier molecular flexibility index (Phi) is 4.00. The third-order valence-electron chi connectivity index (χ3n) is 3.62. The Morgan fingerprint density at radius 3 is 2.40 bits per heavy atom. The molecule has 1 heterocycles. The average Bonchev–Trinajstić information content (AvgIpc) is 2.76. The van der Waals surface area contributed by atoms with Crippen molar-refractivity contribution in [1.82, 2.24) is 4.90 Å². The first-order valence-corrected chi connectivity index (χ1v) is 6.80. The Bertz CT molecular complexity index is 465. The van der Waals surface area contributed by atoms with Crippen LogP contribution in [-0.2, 0) is 0 Å². The Morgan fingerprint density at radius 2 is 1.80 bits per heavy atom. The van der Waals surface area contributed by atoms with Crippen molar-refractivity contribution in [3.8, 4) is 5.75 Å². The number of alkyl halides is 3. The Balaban J connectivity index is 2.33. The maximum atomic E-state index is 12.5. The zero-order valence-electron chi connectivity index (χ0n) is 12.0. The lowest BCUT2D eigenvalue weighted by Crippen LogP contribution is -2.40. The van der Waals surface area contributed by atoms with E-state index in [-0.39, 0.29) is 17.3 Å². The summed E-state index contributed by atoms with van der Waals surface area (Å²) in [7, 11) is 0. The molecular formula is C15H20F3NO. The minimum absolute atomic E-state index is 0.0199. The van der Waals surface area contributed by atoms with Crippen LogP contribution in [-0.4, -0.2) is 23.3 Å². The van der Waals surface area contributed by atoms with Gasteiger partial charge in [-0.3, -0.25) is 4.90 Å². The summed E-state index contributed by atoms with van der Waals surface area (Å²) in [6, 6.07) is 6.43. The predicted molar refractivity (Wildman–Crippen MR) is 71.6 cm³/mol. The number of ether oxygens (including phenoxy) is 1. The number of benzene rings is 1. The highest BCUT2D eigenvalue weighted by Gasteiger charge is 2.37. The molecule has 2 nitrogen and oxygen atoms in total. The van der Waals surface area contributed by atoms with E-state index in [0.717, 1.165) is 19.4 Å². The molecule has 1 unspecified atom stereocenters. The fourth-order valence-electron chi connectivity index (χ4n) is 2.87. The number of nitrogens with zero attached hydrogens (tertiary/aromatic N) is 1. The number of halogens is 3. The lowest BCUT2D eigenvalue weighted by atomic mass is 9.98. The SMILES string of the molecule is CC(C)(C)N1CCCC1c1ccccc1OC(F)(F)F. The lowest BCUT2D eigenvalue weighted by Gasteiger charge is -2.37. The van der Waals surface area contributed by atoms with Crippen molar-refractivity contribution in [2.24, 2.45) is 0 Å². The van der Waals surface area contributed by atoms with E-state index in [4.69, 9.17) is 0 Å². The maximum absolute atomic E-state index is 12.5. The summed E-state index contributed by atoms with van der Waals surface area (Å²) in [4.78, 5) is 2.24. The van der Waals surface area contributed by atoms with E-state index in [1.165, 1.54) is 6.07 Å². The third-order valence-corrected chi connectivity index (χ3v) is 3.62. The Morgan fingerprint density at radius 1 is 1.15 bits per heavy atom. The van der Waals surface area contributed by atoms with E-state index in [2.05, 4.69) is 30.4 Å². The molecular weight excluding hydrogens is 267 g/mol. The number of hydrogen-bond donors (Lipinski definition) is 0. The van der Waals surface area contributed by atoms with E-state index >= 15 is 0 Å². The summed E-state index contributed by atoms with van der Waals surface area (Å²) >= 11 is 0. The summed E-state index contributed by atoms with van der Waals surface area (Å²) in [5, 5.41) is 0. The second-order valence-electron chi connectivity index (χ2n) is 6.11. The molecule has 112 valence electrons. The van der Waals surface area contributed by atoms with Crippen molar-refractivity contribution in [3.63, 3.8) is 0 Å². The minimum atomic E-state index is -4.65. The summed E-state index contributed by atoms with van der Waals surface area (Å²) in [6.07, 6.45) is -2.81. The van der Waals surface area contributed by atoms with Crippen LogP contribution in [0.3, 0.4) is 0 Å². The van der Waals surface area contributed by atoms with Gasteiger partial charge in [0.05, 0.1) is 0 Å². The van der Waals surface area contributed by atoms with Gasteiger partial charge in [-0.2, -0.15) is 0 Å². The third kappa shape index (κ3) is 3.45. The first kappa shape index (κ1) is 15.2. The van der Waals surface area contributed by atoms with Gasteiger partial charge in [0.15, 0.2) is 0 Å². The number of hydrogen-bond acceptors (Lipinski definition) is 2. The summed E-state index contributed by atoms with van der Waals surface area (Å²) in [5.41, 5.74) is 0.546. The van der Waals surface area contributed by atoms with Crippen LogP contribution in [0.15, 0.2) is 24.3 Å². The summed E-state index contributed by atoms with van der Waals surface area (Å²) in [5.74, 6) is -0.0823. The number of rotatable bonds is 2. The smallest absolute Gasteiger partial charge is 0.405 e. The molecule has 1 fully saturated rings. The van der Waals surface area contributed by atoms with Crippen molar-refractivity contribution in [2.75, 3.05) is 6.54 Å². The number of likely N-dealkylation sites (tertiary alicyclic amines) is 1. The highest BCUT2D eigenvalue weighted by molar-refractivity contribution is 5.37. The zero-order valence-corrected chi connectivity index (χ0v) is 12.0. The van der Waals surface area contributed by atoms with Crippen molar-refractivity contribution >= 4 is 0 Å². The summed E-state index contributed by atoms with van der Waals surface area (Å²) < 4.78 is 41.7. The molecule has 0 saturated carbocycles. The van der Waals surface area contributed by atoms with Crippen molar-refractivity contribution in [2.45, 2.75) is 51.6 Å².